The van der Waals surface area contributed by atoms with E-state index in [1.54, 1.807) is 14.2 Å². The number of ether oxygens (including phenoxy) is 2. The highest BCUT2D eigenvalue weighted by molar-refractivity contribution is 6.10. The van der Waals surface area contributed by atoms with Gasteiger partial charge in [0.2, 0.25) is 0 Å². The molecule has 2 aromatic heterocycles. The van der Waals surface area contributed by atoms with Crippen molar-refractivity contribution in [2.45, 2.75) is 13.8 Å². The van der Waals surface area contributed by atoms with Crippen LogP contribution in [0.3, 0.4) is 0 Å². The summed E-state index contributed by atoms with van der Waals surface area (Å²) in [4.78, 5) is 42.2. The maximum absolute atomic E-state index is 14.3. The van der Waals surface area contributed by atoms with Gasteiger partial charge in [-0.1, -0.05) is 36.4 Å². The predicted octanol–water partition coefficient (Wildman–Crippen LogP) is 7.35. The summed E-state index contributed by atoms with van der Waals surface area (Å²) in [6.07, 6.45) is 0. The van der Waals surface area contributed by atoms with Crippen LogP contribution in [0.2, 0.25) is 0 Å². The standard InChI is InChI=1S/C40H36N4O4/c1-25-35(31-9-5-7-11-33(31)41-37(25)27-13-17-29(47-3)18-14-27)39(45)43-21-23-44(24-22-43)40(46)36-26(2)38(28-15-19-30(48-4)20-16-28)42-34-12-8-6-10-32(34)36/h5-20H,21-24H2,1-4H3. The maximum Gasteiger partial charge on any atom is 0.255 e. The molecule has 1 aliphatic heterocycles. The van der Waals surface area contributed by atoms with Crippen LogP contribution in [0.4, 0.5) is 0 Å². The normalized spacial score (nSPS) is 13.2. The molecule has 1 saturated heterocycles. The van der Waals surface area contributed by atoms with E-state index in [-0.39, 0.29) is 11.8 Å². The van der Waals surface area contributed by atoms with Crippen molar-refractivity contribution >= 4 is 33.6 Å². The molecule has 48 heavy (non-hydrogen) atoms. The Hall–Kier alpha value is -5.76. The van der Waals surface area contributed by atoms with Crippen molar-refractivity contribution in [3.05, 3.63) is 119 Å². The monoisotopic (exact) mass is 636 g/mol. The molecule has 8 heteroatoms. The molecule has 4 aromatic carbocycles. The first-order valence-corrected chi connectivity index (χ1v) is 16.0. The van der Waals surface area contributed by atoms with Crippen LogP contribution >= 0.6 is 0 Å². The van der Waals surface area contributed by atoms with Gasteiger partial charge >= 0.3 is 0 Å². The van der Waals surface area contributed by atoms with E-state index < -0.39 is 0 Å². The van der Waals surface area contributed by atoms with E-state index in [9.17, 15) is 9.59 Å². The molecule has 6 aromatic rings. The molecule has 8 nitrogen and oxygen atoms in total. The molecule has 0 unspecified atom stereocenters. The van der Waals surface area contributed by atoms with Gasteiger partial charge in [-0.05, 0) is 85.6 Å². The highest BCUT2D eigenvalue weighted by Gasteiger charge is 2.30. The van der Waals surface area contributed by atoms with E-state index in [1.807, 2.05) is 121 Å². The molecule has 1 fully saturated rings. The van der Waals surface area contributed by atoms with Gasteiger partial charge in [-0.3, -0.25) is 9.59 Å². The third-order valence-electron chi connectivity index (χ3n) is 9.28. The fraction of sp³-hybridized carbons (Fsp3) is 0.200. The zero-order valence-corrected chi connectivity index (χ0v) is 27.5. The molecule has 0 atom stereocenters. The van der Waals surface area contributed by atoms with Crippen molar-refractivity contribution in [3.63, 3.8) is 0 Å². The summed E-state index contributed by atoms with van der Waals surface area (Å²) in [6, 6.07) is 31.0. The second-order valence-corrected chi connectivity index (χ2v) is 12.0. The van der Waals surface area contributed by atoms with Gasteiger partial charge in [-0.15, -0.1) is 0 Å². The summed E-state index contributed by atoms with van der Waals surface area (Å²) in [7, 11) is 3.28. The largest absolute Gasteiger partial charge is 0.497 e. The number of rotatable bonds is 6. The minimum atomic E-state index is -0.0553. The lowest BCUT2D eigenvalue weighted by Crippen LogP contribution is -2.51. The van der Waals surface area contributed by atoms with Crippen molar-refractivity contribution in [1.29, 1.82) is 0 Å². The van der Waals surface area contributed by atoms with Gasteiger partial charge in [-0.2, -0.15) is 0 Å². The van der Waals surface area contributed by atoms with Gasteiger partial charge in [0.15, 0.2) is 0 Å². The first kappa shape index (κ1) is 30.9. The average Bonchev–Trinajstić information content (AvgIpc) is 3.14. The molecule has 1 aliphatic rings. The Morgan fingerprint density at radius 1 is 0.542 bits per heavy atom. The minimum Gasteiger partial charge on any atom is -0.497 e. The summed E-state index contributed by atoms with van der Waals surface area (Å²) in [5.41, 5.74) is 7.83. The van der Waals surface area contributed by atoms with Gasteiger partial charge in [0.1, 0.15) is 11.5 Å². The summed E-state index contributed by atoms with van der Waals surface area (Å²) in [5, 5.41) is 1.64. The molecule has 3 heterocycles. The van der Waals surface area contributed by atoms with Crippen LogP contribution in [0, 0.1) is 13.8 Å². The Morgan fingerprint density at radius 3 is 1.25 bits per heavy atom. The smallest absolute Gasteiger partial charge is 0.255 e. The number of nitrogens with zero attached hydrogens (tertiary/aromatic N) is 4. The zero-order valence-electron chi connectivity index (χ0n) is 27.5. The van der Waals surface area contributed by atoms with Gasteiger partial charge in [0, 0.05) is 48.1 Å². The third-order valence-corrected chi connectivity index (χ3v) is 9.28. The highest BCUT2D eigenvalue weighted by Crippen LogP contribution is 2.34. The van der Waals surface area contributed by atoms with Crippen LogP contribution in [0.25, 0.3) is 44.3 Å². The molecule has 0 aliphatic carbocycles. The van der Waals surface area contributed by atoms with Gasteiger partial charge in [0.25, 0.3) is 11.8 Å². The van der Waals surface area contributed by atoms with Crippen molar-refractivity contribution in [1.82, 2.24) is 19.8 Å². The number of fused-ring (bicyclic) bond motifs is 2. The first-order chi connectivity index (χ1) is 23.4. The Balaban J connectivity index is 1.18. The second-order valence-electron chi connectivity index (χ2n) is 12.0. The fourth-order valence-electron chi connectivity index (χ4n) is 6.65. The van der Waals surface area contributed by atoms with Crippen LogP contribution in [-0.4, -0.2) is 72.0 Å². The number of methoxy groups -OCH3 is 2. The van der Waals surface area contributed by atoms with Crippen LogP contribution in [-0.2, 0) is 0 Å². The van der Waals surface area contributed by atoms with E-state index >= 15 is 0 Å². The molecule has 240 valence electrons. The van der Waals surface area contributed by atoms with Gasteiger partial charge in [-0.25, -0.2) is 9.97 Å². The van der Waals surface area contributed by atoms with Crippen molar-refractivity contribution < 1.29 is 19.1 Å². The number of pyridine rings is 2. The van der Waals surface area contributed by atoms with E-state index in [1.165, 1.54) is 0 Å². The Morgan fingerprint density at radius 2 is 0.896 bits per heavy atom. The van der Waals surface area contributed by atoms with Crippen molar-refractivity contribution in [3.8, 4) is 34.0 Å². The van der Waals surface area contributed by atoms with Crippen LogP contribution in [0.1, 0.15) is 31.8 Å². The van der Waals surface area contributed by atoms with E-state index in [0.29, 0.717) is 37.3 Å². The number of para-hydroxylation sites is 2. The molecule has 0 N–H and O–H groups in total. The minimum absolute atomic E-state index is 0.0553. The number of hydrogen-bond acceptors (Lipinski definition) is 6. The fourth-order valence-corrected chi connectivity index (χ4v) is 6.65. The maximum atomic E-state index is 14.3. The zero-order chi connectivity index (χ0) is 33.4. The number of amides is 2. The third kappa shape index (κ3) is 5.49. The summed E-state index contributed by atoms with van der Waals surface area (Å²) in [6.45, 7) is 5.61. The predicted molar refractivity (Wildman–Crippen MR) is 189 cm³/mol. The van der Waals surface area contributed by atoms with E-state index in [4.69, 9.17) is 19.4 Å². The summed E-state index contributed by atoms with van der Waals surface area (Å²) in [5.74, 6) is 1.40. The quantitative estimate of drug-likeness (QED) is 0.190. The van der Waals surface area contributed by atoms with E-state index in [0.717, 1.165) is 66.9 Å². The van der Waals surface area contributed by atoms with Gasteiger partial charge < -0.3 is 19.3 Å². The summed E-state index contributed by atoms with van der Waals surface area (Å²) < 4.78 is 10.7. The van der Waals surface area contributed by atoms with Crippen molar-refractivity contribution in [2.75, 3.05) is 40.4 Å². The number of carbonyl (C=O) groups excluding carboxylic acids is 2. The molecular weight excluding hydrogens is 600 g/mol. The van der Waals surface area contributed by atoms with Crippen LogP contribution < -0.4 is 9.47 Å². The lowest BCUT2D eigenvalue weighted by atomic mass is 9.96. The number of piperazine rings is 1. The molecular formula is C40H36N4O4. The van der Waals surface area contributed by atoms with E-state index in [2.05, 4.69) is 0 Å². The molecule has 0 saturated carbocycles. The number of benzene rings is 4. The molecule has 0 spiro atoms. The topological polar surface area (TPSA) is 84.9 Å². The van der Waals surface area contributed by atoms with Crippen LogP contribution in [0.5, 0.6) is 11.5 Å². The van der Waals surface area contributed by atoms with Crippen LogP contribution in [0.15, 0.2) is 97.1 Å². The second kappa shape index (κ2) is 12.8. The number of aromatic nitrogens is 2. The lowest BCUT2D eigenvalue weighted by Gasteiger charge is -2.36. The van der Waals surface area contributed by atoms with Crippen molar-refractivity contribution in [2.24, 2.45) is 0 Å². The summed E-state index contributed by atoms with van der Waals surface area (Å²) >= 11 is 0. The molecule has 2 amide bonds. The average molecular weight is 637 g/mol. The molecule has 0 bridgehead atoms. The Bertz CT molecular complexity index is 2010. The Kier molecular flexibility index (Phi) is 8.23. The van der Waals surface area contributed by atoms with Gasteiger partial charge in [0.05, 0.1) is 47.8 Å². The molecule has 0 radical (unpaired) electrons. The number of hydrogen-bond donors (Lipinski definition) is 0. The highest BCUT2D eigenvalue weighted by atomic mass is 16.5. The number of carbonyl (C=O) groups is 2. The lowest BCUT2D eigenvalue weighted by molar-refractivity contribution is 0.0536. The molecule has 7 rings (SSSR count). The first-order valence-electron chi connectivity index (χ1n) is 16.0. The SMILES string of the molecule is COc1ccc(-c2nc3ccccc3c(C(=O)N3CCN(C(=O)c4c(C)c(-c5ccc(OC)cc5)nc5ccccc45)CC3)c2C)cc1. The Labute approximate surface area is 279 Å².